The number of allylic oxidation sites excluding steroid dienone is 1. The van der Waals surface area contributed by atoms with E-state index < -0.39 is 0 Å². The molecule has 0 saturated heterocycles. The molecular formula is C24H29N3O5. The number of nitrogens with zero attached hydrogens (tertiary/aromatic N) is 2. The molecule has 1 aliphatic carbocycles. The first-order valence-corrected chi connectivity index (χ1v) is 11.1. The molecule has 2 aliphatic rings. The van der Waals surface area contributed by atoms with Crippen LogP contribution in [0.4, 0.5) is 0 Å². The first-order valence-electron chi connectivity index (χ1n) is 11.1. The Labute approximate surface area is 186 Å². The van der Waals surface area contributed by atoms with Crippen LogP contribution in [0.5, 0.6) is 5.75 Å². The Kier molecular flexibility index (Phi) is 6.78. The largest absolute Gasteiger partial charge is 0.496 e. The zero-order chi connectivity index (χ0) is 22.5. The molecule has 3 heterocycles. The number of carbonyl (C=O) groups is 2. The van der Waals surface area contributed by atoms with E-state index in [0.29, 0.717) is 49.5 Å². The van der Waals surface area contributed by atoms with Crippen molar-refractivity contribution in [3.8, 4) is 5.75 Å². The van der Waals surface area contributed by atoms with Gasteiger partial charge in [0.05, 0.1) is 19.9 Å². The molecule has 0 saturated carbocycles. The van der Waals surface area contributed by atoms with Crippen molar-refractivity contribution < 1.29 is 18.7 Å². The van der Waals surface area contributed by atoms with Crippen molar-refractivity contribution in [2.24, 2.45) is 0 Å². The molecule has 0 fully saturated rings. The molecule has 0 unspecified atom stereocenters. The van der Waals surface area contributed by atoms with Crippen molar-refractivity contribution in [2.45, 2.75) is 51.6 Å². The minimum absolute atomic E-state index is 0.0785. The van der Waals surface area contributed by atoms with E-state index in [1.807, 2.05) is 0 Å². The first-order chi connectivity index (χ1) is 15.6. The van der Waals surface area contributed by atoms with E-state index in [9.17, 15) is 14.4 Å². The number of ether oxygens (including phenoxy) is 1. The predicted molar refractivity (Wildman–Crippen MR) is 119 cm³/mol. The van der Waals surface area contributed by atoms with Crippen LogP contribution < -0.4 is 15.6 Å². The highest BCUT2D eigenvalue weighted by Crippen LogP contribution is 2.24. The number of furan rings is 1. The van der Waals surface area contributed by atoms with Crippen LogP contribution in [-0.4, -0.2) is 41.5 Å². The highest BCUT2D eigenvalue weighted by Gasteiger charge is 2.27. The molecule has 0 atom stereocenters. The van der Waals surface area contributed by atoms with E-state index in [1.54, 1.807) is 27.9 Å². The van der Waals surface area contributed by atoms with Crippen molar-refractivity contribution >= 4 is 11.8 Å². The maximum Gasteiger partial charge on any atom is 0.257 e. The summed E-state index contributed by atoms with van der Waals surface area (Å²) in [6, 6.07) is 4.87. The summed E-state index contributed by atoms with van der Waals surface area (Å²) in [4.78, 5) is 40.5. The van der Waals surface area contributed by atoms with Crippen molar-refractivity contribution in [2.75, 3.05) is 20.2 Å². The number of carbonyl (C=O) groups excluding carboxylic acids is 2. The number of methoxy groups -OCH3 is 1. The monoisotopic (exact) mass is 439 g/mol. The van der Waals surface area contributed by atoms with Crippen LogP contribution in [0.2, 0.25) is 0 Å². The number of amides is 2. The van der Waals surface area contributed by atoms with Crippen molar-refractivity contribution in [1.29, 1.82) is 0 Å². The highest BCUT2D eigenvalue weighted by molar-refractivity contribution is 5.98. The van der Waals surface area contributed by atoms with Gasteiger partial charge in [-0.1, -0.05) is 11.6 Å². The summed E-state index contributed by atoms with van der Waals surface area (Å²) in [5, 5.41) is 2.84. The second-order valence-corrected chi connectivity index (χ2v) is 8.20. The average molecular weight is 440 g/mol. The van der Waals surface area contributed by atoms with E-state index in [4.69, 9.17) is 9.15 Å². The van der Waals surface area contributed by atoms with Crippen LogP contribution >= 0.6 is 0 Å². The molecule has 0 aromatic carbocycles. The molecule has 8 nitrogen and oxygen atoms in total. The summed E-state index contributed by atoms with van der Waals surface area (Å²) in [6.45, 7) is 1.48. The van der Waals surface area contributed by atoms with E-state index in [1.165, 1.54) is 25.2 Å². The van der Waals surface area contributed by atoms with Crippen LogP contribution in [-0.2, 0) is 24.3 Å². The van der Waals surface area contributed by atoms with Gasteiger partial charge in [0, 0.05) is 44.2 Å². The zero-order valence-electron chi connectivity index (χ0n) is 18.4. The Balaban J connectivity index is 1.54. The number of fused-ring (bicyclic) bond motifs is 1. The molecule has 8 heteroatoms. The molecule has 2 amide bonds. The fourth-order valence-electron chi connectivity index (χ4n) is 4.44. The smallest absolute Gasteiger partial charge is 0.257 e. The van der Waals surface area contributed by atoms with Crippen LogP contribution in [0.15, 0.2) is 45.3 Å². The van der Waals surface area contributed by atoms with Gasteiger partial charge >= 0.3 is 0 Å². The quantitative estimate of drug-likeness (QED) is 0.699. The van der Waals surface area contributed by atoms with Crippen LogP contribution in [0.1, 0.15) is 53.9 Å². The summed E-state index contributed by atoms with van der Waals surface area (Å²) in [7, 11) is 1.44. The average Bonchev–Trinajstić information content (AvgIpc) is 3.22. The molecule has 2 aromatic rings. The Morgan fingerprint density at radius 2 is 2.06 bits per heavy atom. The van der Waals surface area contributed by atoms with Gasteiger partial charge < -0.3 is 23.9 Å². The maximum absolute atomic E-state index is 13.1. The van der Waals surface area contributed by atoms with Gasteiger partial charge in [-0.15, -0.1) is 0 Å². The molecule has 1 N–H and O–H groups in total. The number of hydrogen-bond donors (Lipinski definition) is 1. The van der Waals surface area contributed by atoms with Crippen molar-refractivity contribution in [1.82, 2.24) is 14.8 Å². The fraction of sp³-hybridized carbons (Fsp3) is 0.458. The highest BCUT2D eigenvalue weighted by atomic mass is 16.5. The number of hydrogen-bond acceptors (Lipinski definition) is 5. The lowest BCUT2D eigenvalue weighted by molar-refractivity contribution is -0.130. The Hall–Kier alpha value is -3.29. The molecule has 0 bridgehead atoms. The zero-order valence-corrected chi connectivity index (χ0v) is 18.4. The third-order valence-electron chi connectivity index (χ3n) is 6.16. The Morgan fingerprint density at radius 3 is 2.78 bits per heavy atom. The minimum Gasteiger partial charge on any atom is -0.496 e. The summed E-state index contributed by atoms with van der Waals surface area (Å²) >= 11 is 0. The Morgan fingerprint density at radius 1 is 1.19 bits per heavy atom. The fourth-order valence-corrected chi connectivity index (χ4v) is 4.44. The summed E-state index contributed by atoms with van der Waals surface area (Å²) in [6.07, 6.45) is 8.92. The van der Waals surface area contributed by atoms with E-state index in [-0.39, 0.29) is 29.7 Å². The molecule has 32 heavy (non-hydrogen) atoms. The second-order valence-electron chi connectivity index (χ2n) is 8.20. The van der Waals surface area contributed by atoms with Gasteiger partial charge in [0.1, 0.15) is 17.1 Å². The minimum atomic E-state index is -0.339. The normalized spacial score (nSPS) is 16.0. The van der Waals surface area contributed by atoms with Gasteiger partial charge in [0.15, 0.2) is 0 Å². The molecule has 0 spiro atoms. The SMILES string of the molecule is COc1cc(=O)n2c(c1C(=O)NCc1ccco1)CCN(C(=O)CC1=CCCCC1)CC2. The summed E-state index contributed by atoms with van der Waals surface area (Å²) < 4.78 is 12.3. The summed E-state index contributed by atoms with van der Waals surface area (Å²) in [5.74, 6) is 0.611. The van der Waals surface area contributed by atoms with Gasteiger partial charge in [-0.3, -0.25) is 14.4 Å². The molecule has 2 aromatic heterocycles. The topological polar surface area (TPSA) is 93.8 Å². The van der Waals surface area contributed by atoms with Gasteiger partial charge in [-0.2, -0.15) is 0 Å². The van der Waals surface area contributed by atoms with Gasteiger partial charge in [-0.25, -0.2) is 0 Å². The third-order valence-corrected chi connectivity index (χ3v) is 6.16. The molecular weight excluding hydrogens is 410 g/mol. The number of aromatic nitrogens is 1. The number of pyridine rings is 1. The predicted octanol–water partition coefficient (Wildman–Crippen LogP) is 2.66. The van der Waals surface area contributed by atoms with Crippen LogP contribution in [0, 0.1) is 0 Å². The lowest BCUT2D eigenvalue weighted by Crippen LogP contribution is -2.34. The Bertz CT molecular complexity index is 1070. The maximum atomic E-state index is 13.1. The molecule has 170 valence electrons. The second kappa shape index (κ2) is 9.89. The van der Waals surface area contributed by atoms with Gasteiger partial charge in [-0.05, 0) is 37.8 Å². The van der Waals surface area contributed by atoms with E-state index in [2.05, 4.69) is 11.4 Å². The van der Waals surface area contributed by atoms with E-state index in [0.717, 1.165) is 19.3 Å². The van der Waals surface area contributed by atoms with Gasteiger partial charge in [0.2, 0.25) is 5.91 Å². The first kappa shape index (κ1) is 21.9. The standard InChI is InChI=1S/C24H29N3O5/c1-31-20-15-22(29)27-12-11-26(21(28)14-17-6-3-2-4-7-17)10-9-19(27)23(20)24(30)25-16-18-8-5-13-32-18/h5-6,8,13,15H,2-4,7,9-12,14,16H2,1H3,(H,25,30). The summed E-state index contributed by atoms with van der Waals surface area (Å²) in [5.41, 5.74) is 1.91. The lowest BCUT2D eigenvalue weighted by atomic mass is 9.97. The van der Waals surface area contributed by atoms with Crippen molar-refractivity contribution in [3.63, 3.8) is 0 Å². The molecule has 0 radical (unpaired) electrons. The van der Waals surface area contributed by atoms with Crippen molar-refractivity contribution in [3.05, 3.63) is 63.5 Å². The lowest BCUT2D eigenvalue weighted by Gasteiger charge is -2.21. The van der Waals surface area contributed by atoms with Gasteiger partial charge in [0.25, 0.3) is 11.5 Å². The number of nitrogens with one attached hydrogen (secondary N) is 1. The third kappa shape index (κ3) is 4.79. The molecule has 1 aliphatic heterocycles. The molecule has 4 rings (SSSR count). The van der Waals surface area contributed by atoms with Crippen LogP contribution in [0.3, 0.4) is 0 Å². The van der Waals surface area contributed by atoms with E-state index >= 15 is 0 Å². The number of rotatable bonds is 6. The van der Waals surface area contributed by atoms with Crippen LogP contribution in [0.25, 0.3) is 0 Å².